The van der Waals surface area contributed by atoms with E-state index in [4.69, 9.17) is 0 Å². The van der Waals surface area contributed by atoms with Crippen LogP contribution in [0.1, 0.15) is 36.6 Å². The normalized spacial score (nSPS) is 19.5. The summed E-state index contributed by atoms with van der Waals surface area (Å²) in [7, 11) is 3.58. The highest BCUT2D eigenvalue weighted by Gasteiger charge is 2.25. The van der Waals surface area contributed by atoms with Crippen LogP contribution in [0.5, 0.6) is 0 Å². The van der Waals surface area contributed by atoms with Crippen molar-refractivity contribution < 1.29 is 4.79 Å². The van der Waals surface area contributed by atoms with Crippen LogP contribution in [0.2, 0.25) is 0 Å². The Labute approximate surface area is 190 Å². The maximum Gasteiger partial charge on any atom is 0.220 e. The number of halogens is 1. The molecule has 2 aliphatic heterocycles. The van der Waals surface area contributed by atoms with Gasteiger partial charge in [0.1, 0.15) is 0 Å². The summed E-state index contributed by atoms with van der Waals surface area (Å²) >= 11 is 1.89. The van der Waals surface area contributed by atoms with E-state index in [-0.39, 0.29) is 29.9 Å². The number of carbonyl (C=O) groups excluding carboxylic acids is 1. The quantitative estimate of drug-likeness (QED) is 0.357. The molecule has 3 heterocycles. The average Bonchev–Trinajstić information content (AvgIpc) is 3.17. The summed E-state index contributed by atoms with van der Waals surface area (Å²) in [5.41, 5.74) is 1.50. The van der Waals surface area contributed by atoms with E-state index in [0.29, 0.717) is 18.4 Å². The number of nitrogens with zero attached hydrogens (tertiary/aromatic N) is 3. The molecule has 8 heteroatoms. The first-order valence-corrected chi connectivity index (χ1v) is 10.9. The van der Waals surface area contributed by atoms with E-state index >= 15 is 0 Å². The fourth-order valence-electron chi connectivity index (χ4n) is 4.06. The molecule has 2 aliphatic rings. The zero-order chi connectivity index (χ0) is 19.2. The van der Waals surface area contributed by atoms with Gasteiger partial charge in [-0.2, -0.15) is 0 Å². The first-order chi connectivity index (χ1) is 13.1. The predicted molar refractivity (Wildman–Crippen MR) is 128 cm³/mol. The van der Waals surface area contributed by atoms with E-state index in [9.17, 15) is 4.79 Å². The van der Waals surface area contributed by atoms with Crippen LogP contribution >= 0.6 is 35.3 Å². The van der Waals surface area contributed by atoms with Crippen LogP contribution < -0.4 is 10.6 Å². The Morgan fingerprint density at radius 2 is 2.11 bits per heavy atom. The molecular weight excluding hydrogens is 485 g/mol. The fraction of sp³-hybridized carbons (Fsp3) is 0.700. The minimum absolute atomic E-state index is 0. The number of piperidine rings is 1. The van der Waals surface area contributed by atoms with Crippen LogP contribution in [0.4, 0.5) is 0 Å². The Morgan fingerprint density at radius 1 is 1.36 bits per heavy atom. The molecule has 3 rings (SSSR count). The fourth-order valence-corrected chi connectivity index (χ4v) is 4.95. The number of rotatable bonds is 5. The Kier molecular flexibility index (Phi) is 9.49. The van der Waals surface area contributed by atoms with Gasteiger partial charge in [0, 0.05) is 64.2 Å². The lowest BCUT2D eigenvalue weighted by molar-refractivity contribution is -0.121. The zero-order valence-electron chi connectivity index (χ0n) is 17.2. The Bertz CT molecular complexity index is 657. The van der Waals surface area contributed by atoms with Crippen LogP contribution in [-0.4, -0.2) is 68.0 Å². The lowest BCUT2D eigenvalue weighted by Gasteiger charge is -2.36. The molecule has 1 aromatic heterocycles. The van der Waals surface area contributed by atoms with Gasteiger partial charge in [0.25, 0.3) is 0 Å². The number of likely N-dealkylation sites (tertiary alicyclic amines) is 1. The number of hydrogen-bond acceptors (Lipinski definition) is 4. The van der Waals surface area contributed by atoms with E-state index in [1.807, 2.05) is 18.4 Å². The Morgan fingerprint density at radius 3 is 2.79 bits per heavy atom. The van der Waals surface area contributed by atoms with Crippen molar-refractivity contribution in [2.75, 3.05) is 40.3 Å². The molecule has 158 valence electrons. The number of carbonyl (C=O) groups is 1. The third-order valence-corrected chi connectivity index (χ3v) is 6.92. The number of aliphatic imine (C=N–C) groups is 1. The number of fused-ring (bicyclic) bond motifs is 1. The van der Waals surface area contributed by atoms with E-state index in [1.54, 1.807) is 11.9 Å². The van der Waals surface area contributed by atoms with Gasteiger partial charge in [-0.15, -0.1) is 35.3 Å². The molecule has 6 nitrogen and oxygen atoms in total. The number of nitrogens with one attached hydrogen (secondary N) is 2. The largest absolute Gasteiger partial charge is 0.359 e. The third-order valence-electron chi connectivity index (χ3n) is 5.89. The summed E-state index contributed by atoms with van der Waals surface area (Å²) in [6, 6.07) is 2.74. The molecule has 1 unspecified atom stereocenters. The van der Waals surface area contributed by atoms with Crippen molar-refractivity contribution in [3.63, 3.8) is 0 Å². The van der Waals surface area contributed by atoms with Crippen molar-refractivity contribution in [2.45, 2.75) is 45.2 Å². The highest BCUT2D eigenvalue weighted by Crippen LogP contribution is 2.25. The standard InChI is InChI=1S/C20H33N5OS.HI/c1-15(25-10-6-18-17(14-25)7-11-27-18)13-23-20(22-3)24-8-4-16(5-9-24)12-19(26)21-2;/h7,11,15-16H,4-6,8-10,12-14H2,1-3H3,(H,21,26)(H,22,23);1H. The van der Waals surface area contributed by atoms with Gasteiger partial charge in [-0.1, -0.05) is 0 Å². The van der Waals surface area contributed by atoms with Gasteiger partial charge in [0.2, 0.25) is 5.91 Å². The van der Waals surface area contributed by atoms with Crippen molar-refractivity contribution in [1.82, 2.24) is 20.4 Å². The second kappa shape index (κ2) is 11.3. The second-order valence-electron chi connectivity index (χ2n) is 7.67. The van der Waals surface area contributed by atoms with E-state index < -0.39 is 0 Å². The number of hydrogen-bond donors (Lipinski definition) is 2. The van der Waals surface area contributed by atoms with Crippen molar-refractivity contribution >= 4 is 47.2 Å². The summed E-state index contributed by atoms with van der Waals surface area (Å²) in [4.78, 5) is 22.5. The monoisotopic (exact) mass is 519 g/mol. The molecule has 0 aromatic carbocycles. The van der Waals surface area contributed by atoms with Crippen molar-refractivity contribution in [1.29, 1.82) is 0 Å². The number of amides is 1. The van der Waals surface area contributed by atoms with Crippen molar-refractivity contribution in [2.24, 2.45) is 10.9 Å². The molecule has 0 radical (unpaired) electrons. The molecule has 1 saturated heterocycles. The average molecular weight is 519 g/mol. The van der Waals surface area contributed by atoms with E-state index in [2.05, 4.69) is 43.8 Å². The van der Waals surface area contributed by atoms with Crippen molar-refractivity contribution in [3.8, 4) is 0 Å². The van der Waals surface area contributed by atoms with Crippen LogP contribution in [0.3, 0.4) is 0 Å². The Balaban J connectivity index is 0.00000280. The van der Waals surface area contributed by atoms with Crippen LogP contribution in [-0.2, 0) is 17.8 Å². The summed E-state index contributed by atoms with van der Waals surface area (Å²) in [6.45, 7) is 7.35. The maximum atomic E-state index is 11.6. The van der Waals surface area contributed by atoms with Gasteiger partial charge in [0.15, 0.2) is 5.96 Å². The maximum absolute atomic E-state index is 11.6. The minimum atomic E-state index is 0. The number of thiophene rings is 1. The lowest BCUT2D eigenvalue weighted by Crippen LogP contribution is -2.50. The molecule has 1 amide bonds. The molecule has 2 N–H and O–H groups in total. The van der Waals surface area contributed by atoms with Gasteiger partial charge in [0.05, 0.1) is 0 Å². The third kappa shape index (κ3) is 6.06. The molecule has 1 atom stereocenters. The summed E-state index contributed by atoms with van der Waals surface area (Å²) < 4.78 is 0. The van der Waals surface area contributed by atoms with Crippen molar-refractivity contribution in [3.05, 3.63) is 21.9 Å². The molecule has 1 fully saturated rings. The molecule has 0 aliphatic carbocycles. The predicted octanol–water partition coefficient (Wildman–Crippen LogP) is 2.54. The molecule has 0 saturated carbocycles. The SMILES string of the molecule is CN=C(NCC(C)N1CCc2sccc2C1)N1CCC(CC(=O)NC)CC1.I. The topological polar surface area (TPSA) is 60.0 Å². The summed E-state index contributed by atoms with van der Waals surface area (Å²) in [5.74, 6) is 1.64. The molecule has 0 spiro atoms. The van der Waals surface area contributed by atoms with Crippen LogP contribution in [0.15, 0.2) is 16.4 Å². The smallest absolute Gasteiger partial charge is 0.220 e. The van der Waals surface area contributed by atoms with E-state index in [0.717, 1.165) is 51.5 Å². The van der Waals surface area contributed by atoms with Gasteiger partial charge in [-0.25, -0.2) is 0 Å². The highest BCUT2D eigenvalue weighted by atomic mass is 127. The first kappa shape index (κ1) is 23.4. The molecule has 28 heavy (non-hydrogen) atoms. The van der Waals surface area contributed by atoms with Crippen LogP contribution in [0, 0.1) is 5.92 Å². The summed E-state index contributed by atoms with van der Waals surface area (Å²) in [6.07, 6.45) is 3.92. The summed E-state index contributed by atoms with van der Waals surface area (Å²) in [5, 5.41) is 8.53. The highest BCUT2D eigenvalue weighted by molar-refractivity contribution is 14.0. The minimum Gasteiger partial charge on any atom is -0.359 e. The van der Waals surface area contributed by atoms with Gasteiger partial charge >= 0.3 is 0 Å². The molecule has 0 bridgehead atoms. The lowest BCUT2D eigenvalue weighted by atomic mass is 9.93. The molecule has 1 aromatic rings. The first-order valence-electron chi connectivity index (χ1n) is 10.1. The van der Waals surface area contributed by atoms with Gasteiger partial charge in [-0.3, -0.25) is 14.7 Å². The second-order valence-corrected chi connectivity index (χ2v) is 8.68. The molecular formula is C20H34IN5OS. The number of guanidine groups is 1. The zero-order valence-corrected chi connectivity index (χ0v) is 20.4. The van der Waals surface area contributed by atoms with E-state index in [1.165, 1.54) is 12.0 Å². The van der Waals surface area contributed by atoms with Gasteiger partial charge < -0.3 is 15.5 Å². The van der Waals surface area contributed by atoms with Crippen LogP contribution in [0.25, 0.3) is 0 Å². The Hall–Kier alpha value is -0.870. The van der Waals surface area contributed by atoms with Gasteiger partial charge in [-0.05, 0) is 49.1 Å².